The van der Waals surface area contributed by atoms with Crippen LogP contribution in [0, 0.1) is 6.92 Å². The van der Waals surface area contributed by atoms with Gasteiger partial charge < -0.3 is 57.5 Å². The number of carboxylic acids is 1. The minimum Gasteiger partial charge on any atom is -0.480 e. The summed E-state index contributed by atoms with van der Waals surface area (Å²) in [6.07, 6.45) is -1.22. The zero-order valence-corrected chi connectivity index (χ0v) is 41.5. The van der Waals surface area contributed by atoms with Gasteiger partial charge in [-0.3, -0.25) is 29.0 Å². The van der Waals surface area contributed by atoms with E-state index in [1.165, 1.54) is 24.0 Å². The van der Waals surface area contributed by atoms with Crippen LogP contribution in [0.1, 0.15) is 96.6 Å². The molecule has 1 saturated heterocycles. The van der Waals surface area contributed by atoms with Crippen molar-refractivity contribution in [2.24, 2.45) is 16.5 Å². The lowest BCUT2D eigenvalue weighted by Gasteiger charge is -2.30. The van der Waals surface area contributed by atoms with E-state index in [4.69, 9.17) is 32.5 Å². The van der Waals surface area contributed by atoms with Gasteiger partial charge in [0.25, 0.3) is 10.0 Å². The Balaban J connectivity index is 1.67. The van der Waals surface area contributed by atoms with Crippen molar-refractivity contribution < 1.29 is 61.4 Å². The first-order valence-electron chi connectivity index (χ1n) is 22.6. The Bertz CT molecular complexity index is 2310. The van der Waals surface area contributed by atoms with Crippen LogP contribution in [0.5, 0.6) is 0 Å². The fourth-order valence-corrected chi connectivity index (χ4v) is 8.02. The summed E-state index contributed by atoms with van der Waals surface area (Å²) in [6.45, 7) is 7.98. The molecule has 1 aliphatic rings. The van der Waals surface area contributed by atoms with Crippen LogP contribution in [0.2, 0.25) is 5.02 Å². The second kappa shape index (κ2) is 27.5. The van der Waals surface area contributed by atoms with Crippen molar-refractivity contribution in [2.75, 3.05) is 19.6 Å². The van der Waals surface area contributed by atoms with E-state index in [1.807, 2.05) is 0 Å². The minimum absolute atomic E-state index is 0.00622. The minimum atomic E-state index is -4.08. The normalized spacial score (nSPS) is 15.5. The highest BCUT2D eigenvalue weighted by Crippen LogP contribution is 2.21. The number of nitrogens with one attached hydrogen (secondary N) is 6. The fraction of sp³-hybridized carbons (Fsp3) is 0.533. The monoisotopic (exact) mass is 1020 g/mol. The molecular formula is C45H65ClN10O13S. The molecule has 2 aromatic carbocycles. The summed E-state index contributed by atoms with van der Waals surface area (Å²) in [4.78, 5) is 109. The van der Waals surface area contributed by atoms with Gasteiger partial charge in [0.2, 0.25) is 35.5 Å². The van der Waals surface area contributed by atoms with Crippen LogP contribution in [0.15, 0.2) is 58.4 Å². The molecule has 7 amide bonds. The van der Waals surface area contributed by atoms with E-state index in [2.05, 4.69) is 36.3 Å². The molecule has 70 heavy (non-hydrogen) atoms. The van der Waals surface area contributed by atoms with E-state index in [0.29, 0.717) is 23.4 Å². The van der Waals surface area contributed by atoms with Crippen LogP contribution in [-0.2, 0) is 54.9 Å². The Hall–Kier alpha value is -6.69. The summed E-state index contributed by atoms with van der Waals surface area (Å²) in [5, 5.41) is 22.8. The van der Waals surface area contributed by atoms with Gasteiger partial charge in [0.05, 0.1) is 4.90 Å². The molecule has 0 aliphatic carbocycles. The lowest BCUT2D eigenvalue weighted by Crippen LogP contribution is -2.58. The third-order valence-electron chi connectivity index (χ3n) is 10.5. The van der Waals surface area contributed by atoms with E-state index in [9.17, 15) is 51.9 Å². The van der Waals surface area contributed by atoms with E-state index in [-0.39, 0.29) is 76.1 Å². The average molecular weight is 1020 g/mol. The first-order valence-corrected chi connectivity index (χ1v) is 24.5. The number of hydrogen-bond acceptors (Lipinski definition) is 13. The molecule has 11 N–H and O–H groups in total. The number of aliphatic carboxylic acids is 1. The lowest BCUT2D eigenvalue weighted by atomic mass is 10.1. The van der Waals surface area contributed by atoms with Crippen molar-refractivity contribution in [3.05, 3.63) is 64.7 Å². The third kappa shape index (κ3) is 20.1. The van der Waals surface area contributed by atoms with Gasteiger partial charge in [-0.05, 0) is 104 Å². The van der Waals surface area contributed by atoms with Gasteiger partial charge in [-0.1, -0.05) is 47.5 Å². The summed E-state index contributed by atoms with van der Waals surface area (Å²) in [5.74, 6) is -5.70. The number of carbonyl (C=O) groups is 8. The van der Waals surface area contributed by atoms with Crippen LogP contribution in [0.25, 0.3) is 0 Å². The second-order valence-corrected chi connectivity index (χ2v) is 19.6. The number of primary amides is 1. The number of unbranched alkanes of at least 4 members (excludes halogenated alkanes) is 1. The van der Waals surface area contributed by atoms with Crippen molar-refractivity contribution in [1.82, 2.24) is 36.2 Å². The molecular weight excluding hydrogens is 956 g/mol. The van der Waals surface area contributed by atoms with E-state index in [0.717, 1.165) is 5.56 Å². The maximum Gasteiger partial charge on any atom is 0.408 e. The number of rotatable bonds is 25. The zero-order chi connectivity index (χ0) is 52.2. The predicted octanol–water partition coefficient (Wildman–Crippen LogP) is 1.83. The number of alkyl carbamates (subject to hydrolysis) is 2. The number of benzene rings is 2. The van der Waals surface area contributed by atoms with Gasteiger partial charge >= 0.3 is 18.2 Å². The standard InChI is InChI=1S/C45H65ClN10O13S/c1-27-17-19-30(20-18-27)70(66,67)55-42(48)49-24-10-15-33(52-38(59)32(21-22-36(47)57)54-44(65)69-45(3,4)5)40(61)56-25-11-16-35(56)39(60)51-28(2)37(58)53-34(41(62)63)14-8-9-23-50-43(64)68-26-29-12-6-7-13-31(29)46/h6-7,12-13,17-20,28,32-35H,8-11,14-16,21-26H2,1-5H3,(H2,47,57)(H,50,64)(H,51,60)(H,52,59)(H,53,58)(H,54,65)(H,62,63)(H3,48,49,55)/t28-,32-,33-,34-,35-/m0/s1. The zero-order valence-electron chi connectivity index (χ0n) is 39.9. The number of hydrogen-bond donors (Lipinski definition) is 9. The molecule has 0 saturated carbocycles. The van der Waals surface area contributed by atoms with Gasteiger partial charge in [-0.25, -0.2) is 27.5 Å². The number of carboxylic acid groups (broad SMARTS) is 1. The number of amides is 7. The van der Waals surface area contributed by atoms with E-state index < -0.39 is 99.5 Å². The summed E-state index contributed by atoms with van der Waals surface area (Å²) in [7, 11) is -4.08. The molecule has 0 aromatic heterocycles. The van der Waals surface area contributed by atoms with Crippen molar-refractivity contribution in [2.45, 2.75) is 140 Å². The van der Waals surface area contributed by atoms with Crippen LogP contribution in [0.4, 0.5) is 9.59 Å². The molecule has 1 aliphatic heterocycles. The van der Waals surface area contributed by atoms with Crippen LogP contribution in [-0.4, -0.2) is 128 Å². The number of ether oxygens (including phenoxy) is 2. The van der Waals surface area contributed by atoms with Crippen molar-refractivity contribution in [3.63, 3.8) is 0 Å². The molecule has 0 bridgehead atoms. The average Bonchev–Trinajstić information content (AvgIpc) is 3.77. The van der Waals surface area contributed by atoms with Crippen LogP contribution >= 0.6 is 11.6 Å². The summed E-state index contributed by atoms with van der Waals surface area (Å²) in [5.41, 5.74) is 11.7. The first kappa shape index (κ1) is 57.6. The van der Waals surface area contributed by atoms with Gasteiger partial charge in [0.1, 0.15) is 42.4 Å². The van der Waals surface area contributed by atoms with Crippen LogP contribution in [0.3, 0.4) is 0 Å². The number of likely N-dealkylation sites (tertiary alicyclic amines) is 1. The Morgan fingerprint density at radius 1 is 0.857 bits per heavy atom. The maximum absolute atomic E-state index is 14.3. The van der Waals surface area contributed by atoms with E-state index >= 15 is 0 Å². The lowest BCUT2D eigenvalue weighted by molar-refractivity contribution is -0.143. The molecule has 386 valence electrons. The Labute approximate surface area is 412 Å². The SMILES string of the molecule is Cc1ccc(S(=O)(=O)NC(N)=NCCC[C@H](NC(=O)[C@H](CCC(N)=O)NC(=O)OC(C)(C)C)C(=O)N2CCC[C@H]2C(=O)N[C@@H](C)C(=O)N[C@@H](CCCCNC(=O)OCc2ccccc2Cl)C(=O)O)cc1. The number of nitrogens with zero attached hydrogens (tertiary/aromatic N) is 2. The van der Waals surface area contributed by atoms with E-state index in [1.54, 1.807) is 64.1 Å². The summed E-state index contributed by atoms with van der Waals surface area (Å²) < 4.78 is 38.3. The molecule has 2 aromatic rings. The molecule has 0 radical (unpaired) electrons. The molecule has 3 rings (SSSR count). The Morgan fingerprint density at radius 2 is 1.51 bits per heavy atom. The van der Waals surface area contributed by atoms with Crippen molar-refractivity contribution in [3.8, 4) is 0 Å². The predicted molar refractivity (Wildman–Crippen MR) is 256 cm³/mol. The van der Waals surface area contributed by atoms with Crippen LogP contribution < -0.4 is 42.8 Å². The second-order valence-electron chi connectivity index (χ2n) is 17.5. The summed E-state index contributed by atoms with van der Waals surface area (Å²) in [6, 6.07) is 6.38. The summed E-state index contributed by atoms with van der Waals surface area (Å²) >= 11 is 6.08. The van der Waals surface area contributed by atoms with Gasteiger partial charge in [-0.15, -0.1) is 0 Å². The molecule has 23 nitrogen and oxygen atoms in total. The highest BCUT2D eigenvalue weighted by Gasteiger charge is 2.39. The molecule has 1 fully saturated rings. The highest BCUT2D eigenvalue weighted by molar-refractivity contribution is 7.90. The smallest absolute Gasteiger partial charge is 0.408 e. The number of nitrogens with two attached hydrogens (primary N) is 2. The highest BCUT2D eigenvalue weighted by atomic mass is 35.5. The molecule has 0 spiro atoms. The van der Waals surface area contributed by atoms with Crippen molar-refractivity contribution >= 4 is 75.3 Å². The Kier molecular flexibility index (Phi) is 22.6. The van der Waals surface area contributed by atoms with Gasteiger partial charge in [0, 0.05) is 36.6 Å². The molecule has 25 heteroatoms. The first-order chi connectivity index (χ1) is 32.9. The molecule has 0 unspecified atom stereocenters. The number of halogens is 1. The number of sulfonamides is 1. The number of guanidine groups is 1. The number of aliphatic imine (C=N–C) groups is 1. The fourth-order valence-electron chi connectivity index (χ4n) is 6.88. The largest absolute Gasteiger partial charge is 0.480 e. The number of aryl methyl sites for hydroxylation is 1. The van der Waals surface area contributed by atoms with Gasteiger partial charge in [0.15, 0.2) is 0 Å². The third-order valence-corrected chi connectivity index (χ3v) is 12.3. The molecule has 1 heterocycles. The Morgan fingerprint density at radius 3 is 2.16 bits per heavy atom. The molecule has 5 atom stereocenters. The van der Waals surface area contributed by atoms with Gasteiger partial charge in [-0.2, -0.15) is 0 Å². The number of carbonyl (C=O) groups excluding carboxylic acids is 7. The maximum atomic E-state index is 14.3. The topological polar surface area (TPSA) is 349 Å². The quantitative estimate of drug-likeness (QED) is 0.0390. The van der Waals surface area contributed by atoms with Crippen molar-refractivity contribution in [1.29, 1.82) is 0 Å².